The van der Waals surface area contributed by atoms with Crippen LogP contribution in [0.1, 0.15) is 60.5 Å². The van der Waals surface area contributed by atoms with E-state index in [9.17, 15) is 19.5 Å². The van der Waals surface area contributed by atoms with Gasteiger partial charge in [-0.25, -0.2) is 14.4 Å². The number of carboxylic acid groups (broad SMARTS) is 1. The number of likely N-dealkylation sites (tertiary alicyclic amines) is 1. The van der Waals surface area contributed by atoms with Gasteiger partial charge in [-0.2, -0.15) is 0 Å². The maximum absolute atomic E-state index is 13.6. The molecule has 5 rings (SSSR count). The Hall–Kier alpha value is -4.34. The Morgan fingerprint density at radius 2 is 1.72 bits per heavy atom. The number of ether oxygens (including phenoxy) is 2. The molecule has 2 heterocycles. The second kappa shape index (κ2) is 10.4. The average molecular weight is 534 g/mol. The fourth-order valence-corrected chi connectivity index (χ4v) is 5.16. The summed E-state index contributed by atoms with van der Waals surface area (Å²) in [5.41, 5.74) is 3.54. The highest BCUT2D eigenvalue weighted by molar-refractivity contribution is 5.85. The van der Waals surface area contributed by atoms with Gasteiger partial charge in [0.1, 0.15) is 12.2 Å². The van der Waals surface area contributed by atoms with Gasteiger partial charge in [0.2, 0.25) is 0 Å². The first-order valence-electron chi connectivity index (χ1n) is 12.9. The van der Waals surface area contributed by atoms with Gasteiger partial charge in [-0.15, -0.1) is 0 Å². The Morgan fingerprint density at radius 3 is 2.31 bits per heavy atom. The smallest absolute Gasteiger partial charge is 0.410 e. The van der Waals surface area contributed by atoms with Gasteiger partial charge < -0.3 is 24.0 Å². The minimum atomic E-state index is -1.23. The lowest BCUT2D eigenvalue weighted by atomic mass is 9.98. The van der Waals surface area contributed by atoms with E-state index in [1.165, 1.54) is 11.0 Å². The molecule has 1 aliphatic heterocycles. The van der Waals surface area contributed by atoms with E-state index >= 15 is 0 Å². The summed E-state index contributed by atoms with van der Waals surface area (Å²) in [6, 6.07) is 17.0. The molecule has 2 amide bonds. The van der Waals surface area contributed by atoms with Crippen LogP contribution in [-0.4, -0.2) is 69.6 Å². The summed E-state index contributed by atoms with van der Waals surface area (Å²) >= 11 is 0. The molecule has 1 aliphatic carbocycles. The zero-order chi connectivity index (χ0) is 27.7. The summed E-state index contributed by atoms with van der Waals surface area (Å²) in [4.78, 5) is 40.5. The predicted molar refractivity (Wildman–Crippen MR) is 140 cm³/mol. The molecule has 39 heavy (non-hydrogen) atoms. The van der Waals surface area contributed by atoms with Crippen molar-refractivity contribution >= 4 is 18.2 Å². The number of rotatable bonds is 6. The molecule has 0 bridgehead atoms. The zero-order valence-electron chi connectivity index (χ0n) is 22.1. The number of nitrogens with zero attached hydrogens (tertiary/aromatic N) is 3. The van der Waals surface area contributed by atoms with E-state index in [2.05, 4.69) is 17.3 Å². The zero-order valence-corrected chi connectivity index (χ0v) is 22.1. The van der Waals surface area contributed by atoms with Crippen molar-refractivity contribution in [3.63, 3.8) is 0 Å². The predicted octanol–water partition coefficient (Wildman–Crippen LogP) is 5.13. The van der Waals surface area contributed by atoms with Crippen molar-refractivity contribution in [1.29, 1.82) is 0 Å². The number of carbonyl (C=O) groups is 3. The quantitative estimate of drug-likeness (QED) is 0.463. The monoisotopic (exact) mass is 533 g/mol. The molecular weight excluding hydrogens is 502 g/mol. The number of hydrogen-bond acceptors (Lipinski definition) is 7. The fourth-order valence-electron chi connectivity index (χ4n) is 5.16. The first-order valence-corrected chi connectivity index (χ1v) is 12.9. The summed E-state index contributed by atoms with van der Waals surface area (Å²) in [6.07, 6.45) is -0.532. The number of aromatic nitrogens is 1. The van der Waals surface area contributed by atoms with E-state index in [4.69, 9.17) is 14.0 Å². The SMILES string of the molecule is CC(C)(C)OC(=O)N1CCC(N(Cc2cc(C(=O)O)no2)C(=O)OCC2c3ccccc3-c3ccccc32)C1. The van der Waals surface area contributed by atoms with Crippen molar-refractivity contribution in [3.05, 3.63) is 77.2 Å². The van der Waals surface area contributed by atoms with Crippen LogP contribution in [0.15, 0.2) is 59.1 Å². The molecule has 1 atom stereocenters. The Kier molecular flexibility index (Phi) is 7.03. The summed E-state index contributed by atoms with van der Waals surface area (Å²) in [5.74, 6) is -1.14. The van der Waals surface area contributed by atoms with Crippen LogP contribution in [0.4, 0.5) is 9.59 Å². The van der Waals surface area contributed by atoms with E-state index in [0.29, 0.717) is 13.0 Å². The van der Waals surface area contributed by atoms with Gasteiger partial charge in [-0.3, -0.25) is 4.90 Å². The van der Waals surface area contributed by atoms with Crippen LogP contribution in [0, 0.1) is 0 Å². The molecule has 0 spiro atoms. The molecule has 1 unspecified atom stereocenters. The van der Waals surface area contributed by atoms with E-state index < -0.39 is 23.8 Å². The lowest BCUT2D eigenvalue weighted by Crippen LogP contribution is -2.43. The van der Waals surface area contributed by atoms with Crippen molar-refractivity contribution in [2.75, 3.05) is 19.7 Å². The summed E-state index contributed by atoms with van der Waals surface area (Å²) in [7, 11) is 0. The Balaban J connectivity index is 1.34. The van der Waals surface area contributed by atoms with Crippen LogP contribution in [0.2, 0.25) is 0 Å². The average Bonchev–Trinajstić information content (AvgIpc) is 3.63. The third kappa shape index (κ3) is 5.59. The van der Waals surface area contributed by atoms with Crippen LogP contribution in [-0.2, 0) is 16.0 Å². The van der Waals surface area contributed by atoms with Gasteiger partial charge in [0.25, 0.3) is 0 Å². The Bertz CT molecular complexity index is 1350. The van der Waals surface area contributed by atoms with Gasteiger partial charge in [-0.1, -0.05) is 53.7 Å². The molecule has 10 heteroatoms. The van der Waals surface area contributed by atoms with E-state index in [-0.39, 0.29) is 43.1 Å². The maximum Gasteiger partial charge on any atom is 0.410 e. The number of benzene rings is 2. The third-order valence-corrected chi connectivity index (χ3v) is 6.93. The van der Waals surface area contributed by atoms with Crippen LogP contribution in [0.3, 0.4) is 0 Å². The van der Waals surface area contributed by atoms with E-state index in [1.54, 1.807) is 25.7 Å². The second-order valence-corrected chi connectivity index (χ2v) is 10.8. The number of hydrogen-bond donors (Lipinski definition) is 1. The van der Waals surface area contributed by atoms with Gasteiger partial charge in [0.05, 0.1) is 12.6 Å². The molecule has 2 aliphatic rings. The van der Waals surface area contributed by atoms with Crippen molar-refractivity contribution in [3.8, 4) is 11.1 Å². The molecule has 1 aromatic heterocycles. The summed E-state index contributed by atoms with van der Waals surface area (Å²) in [5, 5.41) is 12.8. The molecule has 0 radical (unpaired) electrons. The minimum absolute atomic E-state index is 0.0518. The topological polar surface area (TPSA) is 122 Å². The molecule has 3 aromatic rings. The van der Waals surface area contributed by atoms with Crippen molar-refractivity contribution < 1.29 is 33.5 Å². The van der Waals surface area contributed by atoms with Crippen LogP contribution in [0.5, 0.6) is 0 Å². The molecule has 2 aromatic carbocycles. The number of fused-ring (bicyclic) bond motifs is 3. The van der Waals surface area contributed by atoms with E-state index in [0.717, 1.165) is 22.3 Å². The lowest BCUT2D eigenvalue weighted by Gasteiger charge is -2.29. The van der Waals surface area contributed by atoms with Crippen molar-refractivity contribution in [2.45, 2.75) is 51.3 Å². The highest BCUT2D eigenvalue weighted by Crippen LogP contribution is 2.44. The Morgan fingerprint density at radius 1 is 1.08 bits per heavy atom. The third-order valence-electron chi connectivity index (χ3n) is 6.93. The molecule has 1 N–H and O–H groups in total. The first kappa shape index (κ1) is 26.3. The normalized spacial score (nSPS) is 16.5. The first-order chi connectivity index (χ1) is 18.6. The number of carboxylic acids is 1. The molecule has 1 saturated heterocycles. The van der Waals surface area contributed by atoms with Gasteiger partial charge in [-0.05, 0) is 49.4 Å². The summed E-state index contributed by atoms with van der Waals surface area (Å²) in [6.45, 7) is 6.12. The lowest BCUT2D eigenvalue weighted by molar-refractivity contribution is 0.0270. The second-order valence-electron chi connectivity index (χ2n) is 10.8. The van der Waals surface area contributed by atoms with Crippen molar-refractivity contribution in [2.24, 2.45) is 0 Å². The van der Waals surface area contributed by atoms with E-state index in [1.807, 2.05) is 36.4 Å². The number of aromatic carboxylic acids is 1. The molecule has 204 valence electrons. The van der Waals surface area contributed by atoms with Crippen LogP contribution in [0.25, 0.3) is 11.1 Å². The summed E-state index contributed by atoms with van der Waals surface area (Å²) < 4.78 is 16.6. The van der Waals surface area contributed by atoms with Gasteiger partial charge in [0.15, 0.2) is 11.5 Å². The molecular formula is C29H31N3O7. The molecule has 0 saturated carbocycles. The standard InChI is InChI=1S/C29H31N3O7/c1-29(2,3)38-27(35)31-13-12-18(15-31)32(16-19-14-25(26(33)34)30-39-19)28(36)37-17-24-22-10-6-4-8-20(22)21-9-5-7-11-23(21)24/h4-11,14,18,24H,12-13,15-17H2,1-3H3,(H,33,34). The maximum atomic E-state index is 13.6. The molecule has 10 nitrogen and oxygen atoms in total. The molecule has 1 fully saturated rings. The number of carbonyl (C=O) groups excluding carboxylic acids is 2. The van der Waals surface area contributed by atoms with Crippen LogP contribution < -0.4 is 0 Å². The van der Waals surface area contributed by atoms with Crippen LogP contribution >= 0.6 is 0 Å². The van der Waals surface area contributed by atoms with Crippen molar-refractivity contribution in [1.82, 2.24) is 15.0 Å². The Labute approximate surface area is 226 Å². The highest BCUT2D eigenvalue weighted by Gasteiger charge is 2.37. The van der Waals surface area contributed by atoms with Gasteiger partial charge >= 0.3 is 18.2 Å². The largest absolute Gasteiger partial charge is 0.476 e. The minimum Gasteiger partial charge on any atom is -0.476 e. The van der Waals surface area contributed by atoms with Gasteiger partial charge in [0, 0.05) is 25.1 Å². The highest BCUT2D eigenvalue weighted by atomic mass is 16.6. The number of amides is 2. The fraction of sp³-hybridized carbons (Fsp3) is 0.379.